The summed E-state index contributed by atoms with van der Waals surface area (Å²) in [6.07, 6.45) is 1.77. The second-order valence-electron chi connectivity index (χ2n) is 5.36. The molecule has 1 unspecified atom stereocenters. The molecule has 2 N–H and O–H groups in total. The molecule has 1 atom stereocenters. The van der Waals surface area contributed by atoms with E-state index in [1.807, 2.05) is 32.9 Å². The van der Waals surface area contributed by atoms with Gasteiger partial charge in [-0.05, 0) is 26.8 Å². The Bertz CT molecular complexity index is 503. The predicted octanol–water partition coefficient (Wildman–Crippen LogP) is 1.74. The first-order valence-corrected chi connectivity index (χ1v) is 6.26. The highest BCUT2D eigenvalue weighted by atomic mass is 16.7. The third kappa shape index (κ3) is 2.13. The monoisotopic (exact) mass is 261 g/mol. The van der Waals surface area contributed by atoms with E-state index in [1.165, 1.54) is 0 Å². The Balaban J connectivity index is 2.41. The van der Waals surface area contributed by atoms with Crippen molar-refractivity contribution in [3.8, 4) is 5.75 Å². The average Bonchev–Trinajstić information content (AvgIpc) is 2.60. The molecule has 0 bridgehead atoms. The molecule has 2 rings (SSSR count). The van der Waals surface area contributed by atoms with Crippen LogP contribution in [0, 0.1) is 0 Å². The zero-order chi connectivity index (χ0) is 14.3. The maximum atomic E-state index is 6.02. The summed E-state index contributed by atoms with van der Waals surface area (Å²) in [5.41, 5.74) is 6.23. The molecule has 0 aromatic heterocycles. The lowest BCUT2D eigenvalue weighted by molar-refractivity contribution is 0.0288. The van der Waals surface area contributed by atoms with Crippen LogP contribution in [0.1, 0.15) is 20.8 Å². The predicted molar refractivity (Wildman–Crippen MR) is 77.6 cm³/mol. The van der Waals surface area contributed by atoms with E-state index >= 15 is 0 Å². The minimum Gasteiger partial charge on any atom is -0.495 e. The normalized spacial score (nSPS) is 25.4. The average molecular weight is 261 g/mol. The first-order chi connectivity index (χ1) is 8.84. The van der Waals surface area contributed by atoms with Gasteiger partial charge in [-0.2, -0.15) is 0 Å². The number of hydrogen-bond acceptors (Lipinski definition) is 4. The summed E-state index contributed by atoms with van der Waals surface area (Å²) in [6, 6.07) is 5.54. The molecule has 1 aliphatic rings. The van der Waals surface area contributed by atoms with Crippen molar-refractivity contribution in [1.82, 2.24) is 0 Å². The quantitative estimate of drug-likeness (QED) is 0.511. The molecule has 1 aromatic rings. The van der Waals surface area contributed by atoms with Crippen molar-refractivity contribution in [3.05, 3.63) is 30.9 Å². The van der Waals surface area contributed by atoms with E-state index in [1.54, 1.807) is 19.3 Å². The summed E-state index contributed by atoms with van der Waals surface area (Å²) in [4.78, 5) is 0. The minimum absolute atomic E-state index is 0.477. The van der Waals surface area contributed by atoms with Gasteiger partial charge in [0.2, 0.25) is 0 Å². The summed E-state index contributed by atoms with van der Waals surface area (Å²) >= 11 is 0. The molecule has 1 aliphatic heterocycles. The fourth-order valence-electron chi connectivity index (χ4n) is 2.19. The van der Waals surface area contributed by atoms with Crippen molar-refractivity contribution in [2.75, 3.05) is 12.8 Å². The molecule has 0 amide bonds. The number of benzene rings is 1. The highest BCUT2D eigenvalue weighted by molar-refractivity contribution is 6.63. The van der Waals surface area contributed by atoms with E-state index in [4.69, 9.17) is 19.8 Å². The van der Waals surface area contributed by atoms with Crippen LogP contribution in [0.25, 0.3) is 0 Å². The van der Waals surface area contributed by atoms with Crippen LogP contribution in [0.15, 0.2) is 30.9 Å². The number of methoxy groups -OCH3 is 1. The number of rotatable bonds is 3. The van der Waals surface area contributed by atoms with Gasteiger partial charge in [0.15, 0.2) is 0 Å². The molecular formula is C14H20BNO3. The summed E-state index contributed by atoms with van der Waals surface area (Å²) in [6.45, 7) is 9.75. The van der Waals surface area contributed by atoms with Crippen molar-refractivity contribution in [1.29, 1.82) is 0 Å². The summed E-state index contributed by atoms with van der Waals surface area (Å²) in [7, 11) is 1.07. The van der Waals surface area contributed by atoms with Crippen LogP contribution in [0.3, 0.4) is 0 Å². The van der Waals surface area contributed by atoms with Crippen LogP contribution < -0.4 is 15.9 Å². The molecule has 4 nitrogen and oxygen atoms in total. The van der Waals surface area contributed by atoms with Crippen molar-refractivity contribution < 1.29 is 14.0 Å². The molecular weight excluding hydrogens is 241 g/mol. The molecule has 0 saturated carbocycles. The standard InChI is InChI=1S/C14H20BNO3/c1-6-14(4)13(2,3)18-15(19-14)10-8-7-9-11(16)12(10)17-5/h6-9H,1,16H2,2-5H3. The SMILES string of the molecule is C=CC1(C)OB(c2cccc(N)c2OC)OC1(C)C. The van der Waals surface area contributed by atoms with Crippen molar-refractivity contribution >= 4 is 18.3 Å². The van der Waals surface area contributed by atoms with Gasteiger partial charge in [-0.15, -0.1) is 6.58 Å². The molecule has 1 saturated heterocycles. The Morgan fingerprint density at radius 3 is 2.53 bits per heavy atom. The summed E-state index contributed by atoms with van der Waals surface area (Å²) in [5.74, 6) is 0.594. The first kappa shape index (κ1) is 14.0. The third-order valence-electron chi connectivity index (χ3n) is 3.87. The molecule has 0 aliphatic carbocycles. The van der Waals surface area contributed by atoms with E-state index in [9.17, 15) is 0 Å². The molecule has 102 valence electrons. The van der Waals surface area contributed by atoms with Gasteiger partial charge in [-0.1, -0.05) is 18.2 Å². The van der Waals surface area contributed by atoms with Gasteiger partial charge in [0.1, 0.15) is 5.75 Å². The molecule has 5 heteroatoms. The highest BCUT2D eigenvalue weighted by Crippen LogP contribution is 2.38. The third-order valence-corrected chi connectivity index (χ3v) is 3.87. The number of ether oxygens (including phenoxy) is 1. The number of nitrogen functional groups attached to an aromatic ring is 1. The van der Waals surface area contributed by atoms with E-state index in [-0.39, 0.29) is 0 Å². The Hall–Kier alpha value is -1.46. The topological polar surface area (TPSA) is 53.7 Å². The maximum Gasteiger partial charge on any atom is 0.499 e. The maximum absolute atomic E-state index is 6.02. The minimum atomic E-state index is -0.562. The Morgan fingerprint density at radius 1 is 1.32 bits per heavy atom. The van der Waals surface area contributed by atoms with Crippen molar-refractivity contribution in [3.63, 3.8) is 0 Å². The zero-order valence-corrected chi connectivity index (χ0v) is 11.9. The number of para-hydroxylation sites is 1. The lowest BCUT2D eigenvalue weighted by Gasteiger charge is -2.33. The first-order valence-electron chi connectivity index (χ1n) is 6.26. The number of nitrogens with two attached hydrogens (primary N) is 1. The smallest absolute Gasteiger partial charge is 0.495 e. The summed E-state index contributed by atoms with van der Waals surface area (Å²) < 4.78 is 17.4. The lowest BCUT2D eigenvalue weighted by Crippen LogP contribution is -2.42. The zero-order valence-electron chi connectivity index (χ0n) is 11.9. The van der Waals surface area contributed by atoms with Gasteiger partial charge in [0, 0.05) is 5.46 Å². The Kier molecular flexibility index (Phi) is 3.37. The number of anilines is 1. The molecule has 0 spiro atoms. The summed E-state index contributed by atoms with van der Waals surface area (Å²) in [5, 5.41) is 0. The van der Waals surface area contributed by atoms with Gasteiger partial charge in [-0.3, -0.25) is 0 Å². The van der Waals surface area contributed by atoms with Crippen LogP contribution in [0.4, 0.5) is 5.69 Å². The fraction of sp³-hybridized carbons (Fsp3) is 0.429. The highest BCUT2D eigenvalue weighted by Gasteiger charge is 2.53. The van der Waals surface area contributed by atoms with Crippen LogP contribution in [-0.2, 0) is 9.31 Å². The van der Waals surface area contributed by atoms with Gasteiger partial charge < -0.3 is 19.8 Å². The molecule has 1 heterocycles. The van der Waals surface area contributed by atoms with Gasteiger partial charge in [0.25, 0.3) is 0 Å². The van der Waals surface area contributed by atoms with E-state index in [0.29, 0.717) is 11.4 Å². The second-order valence-corrected chi connectivity index (χ2v) is 5.36. The van der Waals surface area contributed by atoms with E-state index < -0.39 is 18.3 Å². The lowest BCUT2D eigenvalue weighted by atomic mass is 9.78. The van der Waals surface area contributed by atoms with Crippen LogP contribution in [0.5, 0.6) is 5.75 Å². The van der Waals surface area contributed by atoms with Gasteiger partial charge in [0.05, 0.1) is 24.0 Å². The number of hydrogen-bond donors (Lipinski definition) is 1. The van der Waals surface area contributed by atoms with Crippen molar-refractivity contribution in [2.24, 2.45) is 0 Å². The van der Waals surface area contributed by atoms with Crippen LogP contribution >= 0.6 is 0 Å². The van der Waals surface area contributed by atoms with Crippen molar-refractivity contribution in [2.45, 2.75) is 32.0 Å². The van der Waals surface area contributed by atoms with Gasteiger partial charge >= 0.3 is 7.12 Å². The van der Waals surface area contributed by atoms with Crippen LogP contribution in [0.2, 0.25) is 0 Å². The van der Waals surface area contributed by atoms with Gasteiger partial charge in [-0.25, -0.2) is 0 Å². The second kappa shape index (κ2) is 4.58. The van der Waals surface area contributed by atoms with E-state index in [0.717, 1.165) is 5.46 Å². The fourth-order valence-corrected chi connectivity index (χ4v) is 2.19. The van der Waals surface area contributed by atoms with E-state index in [2.05, 4.69) is 6.58 Å². The molecule has 1 aromatic carbocycles. The largest absolute Gasteiger partial charge is 0.499 e. The Labute approximate surface area is 114 Å². The molecule has 1 fully saturated rings. The Morgan fingerprint density at radius 2 is 2.00 bits per heavy atom. The van der Waals surface area contributed by atoms with Crippen LogP contribution in [-0.4, -0.2) is 25.4 Å². The molecule has 0 radical (unpaired) electrons. The molecule has 19 heavy (non-hydrogen) atoms.